The average molecular weight is 379 g/mol. The summed E-state index contributed by atoms with van der Waals surface area (Å²) < 4.78 is 10.8. The number of nitro benzene ring substituents is 1. The molecule has 0 aliphatic heterocycles. The van der Waals surface area contributed by atoms with Gasteiger partial charge in [0.05, 0.1) is 12.0 Å². The van der Waals surface area contributed by atoms with Crippen molar-refractivity contribution >= 4 is 17.4 Å². The highest BCUT2D eigenvalue weighted by Crippen LogP contribution is 2.28. The number of nitrogens with zero attached hydrogens (tertiary/aromatic N) is 2. The second-order valence-corrected chi connectivity index (χ2v) is 5.72. The predicted molar refractivity (Wildman–Crippen MR) is 103 cm³/mol. The topological polar surface area (TPSA) is 104 Å². The van der Waals surface area contributed by atoms with E-state index < -0.39 is 10.8 Å². The number of aromatic nitrogens is 1. The van der Waals surface area contributed by atoms with Gasteiger partial charge in [0.1, 0.15) is 6.61 Å². The van der Waals surface area contributed by atoms with Gasteiger partial charge in [-0.25, -0.2) is 4.98 Å². The lowest BCUT2D eigenvalue weighted by Crippen LogP contribution is -2.14. The Labute approximate surface area is 160 Å². The molecule has 2 aromatic carbocycles. The van der Waals surface area contributed by atoms with Crippen molar-refractivity contribution < 1.29 is 19.2 Å². The lowest BCUT2D eigenvalue weighted by Gasteiger charge is -2.12. The minimum Gasteiger partial charge on any atom is -0.490 e. The van der Waals surface area contributed by atoms with Crippen LogP contribution in [0.1, 0.15) is 15.9 Å². The quantitative estimate of drug-likeness (QED) is 0.494. The van der Waals surface area contributed by atoms with Crippen molar-refractivity contribution in [2.75, 3.05) is 12.4 Å². The summed E-state index contributed by atoms with van der Waals surface area (Å²) in [4.78, 5) is 27.1. The molecule has 0 aliphatic carbocycles. The Kier molecular flexibility index (Phi) is 5.81. The lowest BCUT2D eigenvalue weighted by atomic mass is 10.1. The Morgan fingerprint density at radius 1 is 1.11 bits per heavy atom. The molecule has 0 radical (unpaired) electrons. The molecule has 1 aromatic heterocycles. The fourth-order valence-electron chi connectivity index (χ4n) is 2.49. The summed E-state index contributed by atoms with van der Waals surface area (Å²) in [5.74, 6) is 0.171. The van der Waals surface area contributed by atoms with Crippen LogP contribution in [0, 0.1) is 10.1 Å². The third kappa shape index (κ3) is 4.42. The normalized spacial score (nSPS) is 10.2. The molecule has 0 fully saturated rings. The molecule has 3 rings (SSSR count). The second-order valence-electron chi connectivity index (χ2n) is 5.72. The van der Waals surface area contributed by atoms with Gasteiger partial charge in [-0.1, -0.05) is 30.3 Å². The molecule has 1 N–H and O–H groups in total. The zero-order valence-corrected chi connectivity index (χ0v) is 15.0. The maximum Gasteiger partial charge on any atom is 0.310 e. The van der Waals surface area contributed by atoms with E-state index in [0.29, 0.717) is 12.4 Å². The monoisotopic (exact) mass is 379 g/mol. The number of anilines is 1. The number of hydrogen-bond donors (Lipinski definition) is 1. The van der Waals surface area contributed by atoms with E-state index in [1.54, 1.807) is 12.1 Å². The molecule has 1 heterocycles. The number of ether oxygens (including phenoxy) is 2. The fourth-order valence-corrected chi connectivity index (χ4v) is 2.49. The summed E-state index contributed by atoms with van der Waals surface area (Å²) in [6.07, 6.45) is 1.53. The summed E-state index contributed by atoms with van der Waals surface area (Å²) in [5, 5.41) is 13.6. The zero-order chi connectivity index (χ0) is 19.9. The van der Waals surface area contributed by atoms with Crippen LogP contribution in [0.3, 0.4) is 0 Å². The van der Waals surface area contributed by atoms with Crippen molar-refractivity contribution in [1.82, 2.24) is 4.98 Å². The molecule has 0 unspecified atom stereocenters. The molecule has 0 saturated carbocycles. The lowest BCUT2D eigenvalue weighted by molar-refractivity contribution is -0.385. The molecule has 3 aromatic rings. The van der Waals surface area contributed by atoms with Crippen LogP contribution in [-0.4, -0.2) is 22.9 Å². The summed E-state index contributed by atoms with van der Waals surface area (Å²) in [6, 6.07) is 16.9. The first kappa shape index (κ1) is 18.8. The number of methoxy groups -OCH3 is 1. The average Bonchev–Trinajstić information content (AvgIpc) is 2.73. The Bertz CT molecular complexity index is 992. The largest absolute Gasteiger partial charge is 0.490 e. The molecular formula is C20H17N3O5. The van der Waals surface area contributed by atoms with Crippen LogP contribution in [0.25, 0.3) is 0 Å². The minimum atomic E-state index is -0.575. The summed E-state index contributed by atoms with van der Waals surface area (Å²) in [6.45, 7) is 0.320. The Hall–Kier alpha value is -3.94. The van der Waals surface area contributed by atoms with Gasteiger partial charge in [0, 0.05) is 23.9 Å². The van der Waals surface area contributed by atoms with E-state index in [-0.39, 0.29) is 22.8 Å². The third-order valence-electron chi connectivity index (χ3n) is 3.88. The first-order valence-corrected chi connectivity index (χ1v) is 8.34. The molecule has 1 amide bonds. The number of pyridine rings is 1. The van der Waals surface area contributed by atoms with E-state index in [1.165, 1.54) is 31.5 Å². The standard InChI is InChI=1S/C20H17N3O5/c1-27-18-12-15(9-10-16(18)23(25)26)20(24)22-19-17(8-5-11-21-19)28-13-14-6-3-2-4-7-14/h2-12H,13H2,1H3,(H,21,22,24). The number of hydrogen-bond acceptors (Lipinski definition) is 6. The van der Waals surface area contributed by atoms with Crippen molar-refractivity contribution in [1.29, 1.82) is 0 Å². The van der Waals surface area contributed by atoms with Crippen molar-refractivity contribution in [2.24, 2.45) is 0 Å². The van der Waals surface area contributed by atoms with Crippen molar-refractivity contribution in [2.45, 2.75) is 6.61 Å². The highest BCUT2D eigenvalue weighted by atomic mass is 16.6. The third-order valence-corrected chi connectivity index (χ3v) is 3.88. The molecule has 0 aliphatic rings. The van der Waals surface area contributed by atoms with Crippen LogP contribution < -0.4 is 14.8 Å². The van der Waals surface area contributed by atoms with Gasteiger partial charge in [-0.15, -0.1) is 0 Å². The smallest absolute Gasteiger partial charge is 0.310 e. The predicted octanol–water partition coefficient (Wildman–Crippen LogP) is 3.83. The molecule has 8 heteroatoms. The van der Waals surface area contributed by atoms with Crippen LogP contribution in [0.15, 0.2) is 66.9 Å². The van der Waals surface area contributed by atoms with Gasteiger partial charge in [-0.2, -0.15) is 0 Å². The number of nitro groups is 1. The molecule has 142 valence electrons. The van der Waals surface area contributed by atoms with Gasteiger partial charge in [0.25, 0.3) is 5.91 Å². The van der Waals surface area contributed by atoms with Crippen LogP contribution in [0.2, 0.25) is 0 Å². The summed E-state index contributed by atoms with van der Waals surface area (Å²) in [7, 11) is 1.30. The highest BCUT2D eigenvalue weighted by Gasteiger charge is 2.18. The Balaban J connectivity index is 1.76. The van der Waals surface area contributed by atoms with E-state index in [2.05, 4.69) is 10.3 Å². The first-order valence-electron chi connectivity index (χ1n) is 8.34. The molecule has 0 saturated heterocycles. The summed E-state index contributed by atoms with van der Waals surface area (Å²) >= 11 is 0. The number of amides is 1. The molecule has 28 heavy (non-hydrogen) atoms. The van der Waals surface area contributed by atoms with Gasteiger partial charge in [-0.3, -0.25) is 14.9 Å². The maximum absolute atomic E-state index is 12.6. The van der Waals surface area contributed by atoms with E-state index >= 15 is 0 Å². The van der Waals surface area contributed by atoms with Crippen molar-refractivity contribution in [3.8, 4) is 11.5 Å². The number of carbonyl (C=O) groups excluding carboxylic acids is 1. The van der Waals surface area contributed by atoms with E-state index in [4.69, 9.17) is 9.47 Å². The first-order chi connectivity index (χ1) is 13.6. The second kappa shape index (κ2) is 8.63. The number of benzene rings is 2. The minimum absolute atomic E-state index is 0.000720. The number of rotatable bonds is 7. The molecule has 8 nitrogen and oxygen atoms in total. The van der Waals surface area contributed by atoms with Gasteiger partial charge in [-0.05, 0) is 23.8 Å². The Morgan fingerprint density at radius 2 is 1.89 bits per heavy atom. The number of nitrogens with one attached hydrogen (secondary N) is 1. The van der Waals surface area contributed by atoms with E-state index in [1.807, 2.05) is 30.3 Å². The van der Waals surface area contributed by atoms with Crippen molar-refractivity contribution in [3.05, 3.63) is 88.1 Å². The van der Waals surface area contributed by atoms with Crippen LogP contribution >= 0.6 is 0 Å². The van der Waals surface area contributed by atoms with Gasteiger partial charge in [0.15, 0.2) is 17.3 Å². The van der Waals surface area contributed by atoms with E-state index in [9.17, 15) is 14.9 Å². The molecule has 0 spiro atoms. The fraction of sp³-hybridized carbons (Fsp3) is 0.100. The Morgan fingerprint density at radius 3 is 2.61 bits per heavy atom. The number of carbonyl (C=O) groups is 1. The molecular weight excluding hydrogens is 362 g/mol. The van der Waals surface area contributed by atoms with Gasteiger partial charge < -0.3 is 14.8 Å². The molecule has 0 atom stereocenters. The molecule has 0 bridgehead atoms. The summed E-state index contributed by atoms with van der Waals surface area (Å²) in [5.41, 5.74) is 0.953. The van der Waals surface area contributed by atoms with Crippen molar-refractivity contribution in [3.63, 3.8) is 0 Å². The SMILES string of the molecule is COc1cc(C(=O)Nc2ncccc2OCc2ccccc2)ccc1[N+](=O)[O-]. The van der Waals surface area contributed by atoms with Crippen LogP contribution in [0.5, 0.6) is 11.5 Å². The van der Waals surface area contributed by atoms with E-state index in [0.717, 1.165) is 5.56 Å². The maximum atomic E-state index is 12.6. The van der Waals surface area contributed by atoms with Crippen LogP contribution in [-0.2, 0) is 6.61 Å². The highest BCUT2D eigenvalue weighted by molar-refractivity contribution is 6.04. The van der Waals surface area contributed by atoms with Crippen LogP contribution in [0.4, 0.5) is 11.5 Å². The zero-order valence-electron chi connectivity index (χ0n) is 15.0. The van der Waals surface area contributed by atoms with Gasteiger partial charge in [0.2, 0.25) is 0 Å². The van der Waals surface area contributed by atoms with Gasteiger partial charge >= 0.3 is 5.69 Å².